The fraction of sp³-hybridized carbons (Fsp3) is 0.516. The molecular weight excluding hydrogens is 494 g/mol. The molecule has 0 bridgehead atoms. The molecule has 8 heteroatoms. The van der Waals surface area contributed by atoms with Gasteiger partial charge in [0.25, 0.3) is 5.91 Å². The molecule has 0 spiro atoms. The lowest BCUT2D eigenvalue weighted by Crippen LogP contribution is -2.32. The summed E-state index contributed by atoms with van der Waals surface area (Å²) in [7, 11) is 1.59. The molecule has 2 aromatic carbocycles. The van der Waals surface area contributed by atoms with Gasteiger partial charge in [-0.15, -0.1) is 0 Å². The highest BCUT2D eigenvalue weighted by Gasteiger charge is 2.20. The van der Waals surface area contributed by atoms with E-state index in [0.717, 1.165) is 56.5 Å². The van der Waals surface area contributed by atoms with E-state index in [-0.39, 0.29) is 11.8 Å². The van der Waals surface area contributed by atoms with E-state index in [1.165, 1.54) is 0 Å². The van der Waals surface area contributed by atoms with Gasteiger partial charge < -0.3 is 19.1 Å². The number of amides is 2. The lowest BCUT2D eigenvalue weighted by atomic mass is 9.96. The molecule has 0 aliphatic carbocycles. The molecule has 2 amide bonds. The Morgan fingerprint density at radius 3 is 2.13 bits per heavy atom. The molecule has 0 aliphatic rings. The second kappa shape index (κ2) is 16.4. The van der Waals surface area contributed by atoms with Gasteiger partial charge in [-0.2, -0.15) is 5.10 Å². The molecule has 0 fully saturated rings. The average Bonchev–Trinajstić information content (AvgIpc) is 2.92. The van der Waals surface area contributed by atoms with Crippen LogP contribution in [0.3, 0.4) is 0 Å². The summed E-state index contributed by atoms with van der Waals surface area (Å²) in [4.78, 5) is 26.6. The third-order valence-corrected chi connectivity index (χ3v) is 5.94. The quantitative estimate of drug-likeness (QED) is 0.159. The highest BCUT2D eigenvalue weighted by atomic mass is 16.5. The fourth-order valence-electron chi connectivity index (χ4n) is 3.69. The lowest BCUT2D eigenvalue weighted by molar-refractivity contribution is -0.128. The van der Waals surface area contributed by atoms with E-state index in [1.54, 1.807) is 19.4 Å². The molecule has 2 rings (SSSR count). The maximum absolute atomic E-state index is 12.9. The monoisotopic (exact) mass is 539 g/mol. The smallest absolute Gasteiger partial charge is 0.253 e. The fourth-order valence-corrected chi connectivity index (χ4v) is 3.69. The zero-order valence-corrected chi connectivity index (χ0v) is 24.4. The average molecular weight is 540 g/mol. The summed E-state index contributed by atoms with van der Waals surface area (Å²) in [6.45, 7) is 12.3. The predicted molar refractivity (Wildman–Crippen MR) is 156 cm³/mol. The number of unbranched alkanes of at least 4 members (excludes halogenated alkanes) is 2. The standard InChI is InChI=1S/C31H45N3O5/c1-7-18-34(19-8-2)29(35)25-14-17-27(28(22-25)37-6)39-21-11-9-10-20-38-26-15-12-24(13-16-26)23-32-33-30(36)31(3,4)5/h12-17,22-23H,7-11,18-21H2,1-6H3,(H,33,36). The summed E-state index contributed by atoms with van der Waals surface area (Å²) in [6.07, 6.45) is 6.21. The van der Waals surface area contributed by atoms with Gasteiger partial charge in [-0.1, -0.05) is 34.6 Å². The van der Waals surface area contributed by atoms with E-state index < -0.39 is 5.41 Å². The Kier molecular flexibility index (Phi) is 13.3. The number of hydrogen-bond donors (Lipinski definition) is 1. The second-order valence-electron chi connectivity index (χ2n) is 10.4. The Morgan fingerprint density at radius 1 is 0.897 bits per heavy atom. The Morgan fingerprint density at radius 2 is 1.54 bits per heavy atom. The minimum Gasteiger partial charge on any atom is -0.494 e. The molecule has 39 heavy (non-hydrogen) atoms. The maximum atomic E-state index is 12.9. The molecule has 214 valence electrons. The number of rotatable bonds is 16. The zero-order chi connectivity index (χ0) is 28.7. The summed E-state index contributed by atoms with van der Waals surface area (Å²) in [5.74, 6) is 1.90. The Labute approximate surface area is 233 Å². The molecule has 8 nitrogen and oxygen atoms in total. The van der Waals surface area contributed by atoms with Crippen LogP contribution in [0.2, 0.25) is 0 Å². The second-order valence-corrected chi connectivity index (χ2v) is 10.4. The van der Waals surface area contributed by atoms with Crippen LogP contribution < -0.4 is 19.6 Å². The van der Waals surface area contributed by atoms with Gasteiger partial charge in [0.15, 0.2) is 11.5 Å². The van der Waals surface area contributed by atoms with Gasteiger partial charge in [0.1, 0.15) is 5.75 Å². The predicted octanol–water partition coefficient (Wildman–Crippen LogP) is 6.08. The molecule has 0 radical (unpaired) electrons. The van der Waals surface area contributed by atoms with Gasteiger partial charge in [-0.25, -0.2) is 5.43 Å². The third kappa shape index (κ3) is 11.0. The van der Waals surface area contributed by atoms with Gasteiger partial charge in [0, 0.05) is 24.1 Å². The van der Waals surface area contributed by atoms with Crippen molar-refractivity contribution in [3.8, 4) is 17.2 Å². The van der Waals surface area contributed by atoms with Crippen molar-refractivity contribution >= 4 is 18.0 Å². The van der Waals surface area contributed by atoms with Gasteiger partial charge >= 0.3 is 0 Å². The van der Waals surface area contributed by atoms with Crippen molar-refractivity contribution in [1.82, 2.24) is 10.3 Å². The van der Waals surface area contributed by atoms with Crippen molar-refractivity contribution in [3.05, 3.63) is 53.6 Å². The van der Waals surface area contributed by atoms with Gasteiger partial charge in [0.05, 0.1) is 26.5 Å². The topological polar surface area (TPSA) is 89.5 Å². The number of hydrazone groups is 1. The Hall–Kier alpha value is -3.55. The lowest BCUT2D eigenvalue weighted by Gasteiger charge is -2.22. The summed E-state index contributed by atoms with van der Waals surface area (Å²) in [5.41, 5.74) is 3.56. The number of carbonyl (C=O) groups is 2. The van der Waals surface area contributed by atoms with E-state index in [4.69, 9.17) is 14.2 Å². The third-order valence-electron chi connectivity index (χ3n) is 5.94. The van der Waals surface area contributed by atoms with E-state index >= 15 is 0 Å². The van der Waals surface area contributed by atoms with Crippen LogP contribution in [0.5, 0.6) is 17.2 Å². The summed E-state index contributed by atoms with van der Waals surface area (Å²) in [5, 5.41) is 4.00. The number of ether oxygens (including phenoxy) is 3. The normalized spacial score (nSPS) is 11.3. The highest BCUT2D eigenvalue weighted by Crippen LogP contribution is 2.29. The highest BCUT2D eigenvalue weighted by molar-refractivity contribution is 5.95. The van der Waals surface area contributed by atoms with Crippen LogP contribution in [0, 0.1) is 5.41 Å². The minimum atomic E-state index is -0.480. The number of methoxy groups -OCH3 is 1. The van der Waals surface area contributed by atoms with E-state index in [1.807, 2.05) is 62.1 Å². The molecule has 0 unspecified atom stereocenters. The van der Waals surface area contributed by atoms with Crippen molar-refractivity contribution in [2.45, 2.75) is 66.7 Å². The van der Waals surface area contributed by atoms with Crippen molar-refractivity contribution in [3.63, 3.8) is 0 Å². The van der Waals surface area contributed by atoms with Crippen LogP contribution in [0.4, 0.5) is 0 Å². The van der Waals surface area contributed by atoms with Crippen molar-refractivity contribution in [2.24, 2.45) is 10.5 Å². The van der Waals surface area contributed by atoms with Crippen LogP contribution >= 0.6 is 0 Å². The van der Waals surface area contributed by atoms with Crippen molar-refractivity contribution in [2.75, 3.05) is 33.4 Å². The van der Waals surface area contributed by atoms with Crippen molar-refractivity contribution < 1.29 is 23.8 Å². The number of nitrogens with one attached hydrogen (secondary N) is 1. The maximum Gasteiger partial charge on any atom is 0.253 e. The first-order valence-corrected chi connectivity index (χ1v) is 13.9. The van der Waals surface area contributed by atoms with E-state index in [9.17, 15) is 9.59 Å². The van der Waals surface area contributed by atoms with Gasteiger partial charge in [-0.05, 0) is 80.1 Å². The minimum absolute atomic E-state index is 0.0240. The van der Waals surface area contributed by atoms with Gasteiger partial charge in [0.2, 0.25) is 5.91 Å². The number of carbonyl (C=O) groups excluding carboxylic acids is 2. The summed E-state index contributed by atoms with van der Waals surface area (Å²) in [6, 6.07) is 13.0. The van der Waals surface area contributed by atoms with Crippen LogP contribution in [0.15, 0.2) is 47.6 Å². The van der Waals surface area contributed by atoms with E-state index in [0.29, 0.717) is 30.3 Å². The number of hydrogen-bond acceptors (Lipinski definition) is 6. The number of nitrogens with zero attached hydrogens (tertiary/aromatic N) is 2. The molecule has 0 aromatic heterocycles. The Bertz CT molecular complexity index is 1050. The molecule has 0 saturated carbocycles. The molecule has 2 aromatic rings. The molecular formula is C31H45N3O5. The van der Waals surface area contributed by atoms with E-state index in [2.05, 4.69) is 24.4 Å². The summed E-state index contributed by atoms with van der Waals surface area (Å²) < 4.78 is 17.3. The first-order valence-electron chi connectivity index (χ1n) is 13.9. The molecule has 1 N–H and O–H groups in total. The van der Waals surface area contributed by atoms with Crippen LogP contribution in [-0.4, -0.2) is 56.3 Å². The first kappa shape index (κ1) is 31.7. The summed E-state index contributed by atoms with van der Waals surface area (Å²) >= 11 is 0. The van der Waals surface area contributed by atoms with Crippen molar-refractivity contribution in [1.29, 1.82) is 0 Å². The van der Waals surface area contributed by atoms with Gasteiger partial charge in [-0.3, -0.25) is 9.59 Å². The first-order chi connectivity index (χ1) is 18.7. The molecule has 0 atom stereocenters. The molecule has 0 aliphatic heterocycles. The SMILES string of the molecule is CCCN(CCC)C(=O)c1ccc(OCCCCCOc2ccc(C=NNC(=O)C(C)(C)C)cc2)c(OC)c1. The molecule has 0 heterocycles. The largest absolute Gasteiger partial charge is 0.494 e. The van der Waals surface area contributed by atoms with Crippen LogP contribution in [-0.2, 0) is 4.79 Å². The number of benzene rings is 2. The zero-order valence-electron chi connectivity index (χ0n) is 24.4. The van der Waals surface area contributed by atoms with Crippen LogP contribution in [0.1, 0.15) is 82.6 Å². The Balaban J connectivity index is 1.71. The molecule has 0 saturated heterocycles. The van der Waals surface area contributed by atoms with Crippen LogP contribution in [0.25, 0.3) is 0 Å².